The van der Waals surface area contributed by atoms with Crippen molar-refractivity contribution in [1.82, 2.24) is 4.98 Å². The SMILES string of the molecule is CCOC(=O)c1sc(N(Cc2ccccc2)C(=O)c2ccccc2)nc1C. The number of nitrogens with zero attached hydrogens (tertiary/aromatic N) is 2. The Balaban J connectivity index is 1.98. The Morgan fingerprint density at radius 2 is 1.67 bits per heavy atom. The number of carbonyl (C=O) groups is 2. The number of rotatable bonds is 6. The lowest BCUT2D eigenvalue weighted by atomic mass is 10.1. The van der Waals surface area contributed by atoms with Crippen molar-refractivity contribution in [3.05, 3.63) is 82.4 Å². The molecule has 138 valence electrons. The van der Waals surface area contributed by atoms with E-state index in [0.717, 1.165) is 5.56 Å². The van der Waals surface area contributed by atoms with Gasteiger partial charge in [-0.05, 0) is 31.5 Å². The maximum atomic E-state index is 13.1. The summed E-state index contributed by atoms with van der Waals surface area (Å²) < 4.78 is 5.09. The Labute approximate surface area is 162 Å². The average Bonchev–Trinajstić information content (AvgIpc) is 3.09. The molecule has 0 radical (unpaired) electrons. The van der Waals surface area contributed by atoms with Crippen molar-refractivity contribution in [1.29, 1.82) is 0 Å². The number of esters is 1. The van der Waals surface area contributed by atoms with Crippen molar-refractivity contribution in [2.45, 2.75) is 20.4 Å². The lowest BCUT2D eigenvalue weighted by molar-refractivity contribution is 0.0531. The topological polar surface area (TPSA) is 59.5 Å². The number of aryl methyl sites for hydroxylation is 1. The molecule has 0 aliphatic rings. The average molecular weight is 380 g/mol. The van der Waals surface area contributed by atoms with Crippen LogP contribution < -0.4 is 4.90 Å². The van der Waals surface area contributed by atoms with Gasteiger partial charge in [0.15, 0.2) is 5.13 Å². The van der Waals surface area contributed by atoms with Crippen molar-refractivity contribution in [3.8, 4) is 0 Å². The molecule has 1 aromatic heterocycles. The summed E-state index contributed by atoms with van der Waals surface area (Å²) in [5.41, 5.74) is 2.11. The number of thiazole rings is 1. The van der Waals surface area contributed by atoms with Gasteiger partial charge in [-0.1, -0.05) is 59.9 Å². The van der Waals surface area contributed by atoms with Gasteiger partial charge in [-0.3, -0.25) is 9.69 Å². The van der Waals surface area contributed by atoms with Gasteiger partial charge in [0.1, 0.15) is 4.88 Å². The molecule has 0 spiro atoms. The van der Waals surface area contributed by atoms with E-state index in [0.29, 0.717) is 34.4 Å². The van der Waals surface area contributed by atoms with E-state index in [2.05, 4.69) is 4.98 Å². The maximum absolute atomic E-state index is 13.1. The number of carbonyl (C=O) groups excluding carboxylic acids is 2. The molecular formula is C21H20N2O3S. The van der Waals surface area contributed by atoms with E-state index in [9.17, 15) is 9.59 Å². The van der Waals surface area contributed by atoms with Crippen molar-refractivity contribution in [2.24, 2.45) is 0 Å². The zero-order chi connectivity index (χ0) is 19.2. The van der Waals surface area contributed by atoms with Gasteiger partial charge in [0.05, 0.1) is 18.8 Å². The largest absolute Gasteiger partial charge is 0.462 e. The van der Waals surface area contributed by atoms with E-state index >= 15 is 0 Å². The predicted octanol–water partition coefficient (Wildman–Crippen LogP) is 4.48. The molecule has 0 aliphatic carbocycles. The van der Waals surface area contributed by atoms with Gasteiger partial charge in [0.25, 0.3) is 5.91 Å². The first kappa shape index (κ1) is 18.8. The first-order chi connectivity index (χ1) is 13.1. The molecule has 0 N–H and O–H groups in total. The zero-order valence-electron chi connectivity index (χ0n) is 15.2. The fourth-order valence-electron chi connectivity index (χ4n) is 2.61. The Hall–Kier alpha value is -2.99. The minimum atomic E-state index is -0.412. The molecule has 0 fully saturated rings. The number of aromatic nitrogens is 1. The van der Waals surface area contributed by atoms with E-state index < -0.39 is 5.97 Å². The molecule has 2 aromatic carbocycles. The summed E-state index contributed by atoms with van der Waals surface area (Å²) in [5.74, 6) is -0.575. The van der Waals surface area contributed by atoms with Crippen LogP contribution >= 0.6 is 11.3 Å². The van der Waals surface area contributed by atoms with Gasteiger partial charge in [-0.25, -0.2) is 9.78 Å². The number of amides is 1. The van der Waals surface area contributed by atoms with Gasteiger partial charge >= 0.3 is 5.97 Å². The number of ether oxygens (including phenoxy) is 1. The van der Waals surface area contributed by atoms with Crippen molar-refractivity contribution >= 4 is 28.3 Å². The summed E-state index contributed by atoms with van der Waals surface area (Å²) in [5, 5.41) is 0.480. The Morgan fingerprint density at radius 1 is 1.04 bits per heavy atom. The van der Waals surface area contributed by atoms with Crippen LogP contribution in [0.4, 0.5) is 5.13 Å². The van der Waals surface area contributed by atoms with Crippen molar-refractivity contribution in [2.75, 3.05) is 11.5 Å². The summed E-state index contributed by atoms with van der Waals surface area (Å²) in [6, 6.07) is 18.8. The molecule has 27 heavy (non-hydrogen) atoms. The van der Waals surface area contributed by atoms with Crippen LogP contribution in [0.5, 0.6) is 0 Å². The Kier molecular flexibility index (Phi) is 5.98. The molecule has 0 saturated heterocycles. The second-order valence-electron chi connectivity index (χ2n) is 5.87. The third-order valence-electron chi connectivity index (χ3n) is 3.93. The molecule has 3 rings (SSSR count). The minimum Gasteiger partial charge on any atom is -0.462 e. The third-order valence-corrected chi connectivity index (χ3v) is 5.09. The van der Waals surface area contributed by atoms with Gasteiger partial charge in [-0.15, -0.1) is 0 Å². The lowest BCUT2D eigenvalue weighted by Gasteiger charge is -2.20. The first-order valence-corrected chi connectivity index (χ1v) is 9.47. The van der Waals surface area contributed by atoms with E-state index in [1.807, 2.05) is 48.5 Å². The first-order valence-electron chi connectivity index (χ1n) is 8.65. The van der Waals surface area contributed by atoms with Crippen molar-refractivity contribution < 1.29 is 14.3 Å². The molecule has 0 atom stereocenters. The molecule has 0 aliphatic heterocycles. The van der Waals surface area contributed by atoms with Gasteiger partial charge in [-0.2, -0.15) is 0 Å². The minimum absolute atomic E-state index is 0.163. The lowest BCUT2D eigenvalue weighted by Crippen LogP contribution is -2.30. The summed E-state index contributed by atoms with van der Waals surface area (Å²) >= 11 is 1.18. The fourth-order valence-corrected chi connectivity index (χ4v) is 3.57. The molecule has 1 amide bonds. The monoisotopic (exact) mass is 380 g/mol. The molecule has 0 saturated carbocycles. The second kappa shape index (κ2) is 8.60. The van der Waals surface area contributed by atoms with Crippen LogP contribution in [-0.4, -0.2) is 23.5 Å². The van der Waals surface area contributed by atoms with Crippen LogP contribution in [0.1, 0.15) is 38.2 Å². The Morgan fingerprint density at radius 3 is 2.30 bits per heavy atom. The summed E-state index contributed by atoms with van der Waals surface area (Å²) in [4.78, 5) is 31.8. The van der Waals surface area contributed by atoms with Gasteiger partial charge < -0.3 is 4.74 Å². The zero-order valence-corrected chi connectivity index (χ0v) is 16.0. The van der Waals surface area contributed by atoms with E-state index in [1.54, 1.807) is 30.9 Å². The maximum Gasteiger partial charge on any atom is 0.350 e. The van der Waals surface area contributed by atoms with E-state index in [1.165, 1.54) is 11.3 Å². The van der Waals surface area contributed by atoms with Crippen molar-refractivity contribution in [3.63, 3.8) is 0 Å². The Bertz CT molecular complexity index is 923. The summed E-state index contributed by atoms with van der Waals surface area (Å²) in [6.45, 7) is 4.17. The summed E-state index contributed by atoms with van der Waals surface area (Å²) in [6.07, 6.45) is 0. The van der Waals surface area contributed by atoms with Crippen LogP contribution in [0.15, 0.2) is 60.7 Å². The van der Waals surface area contributed by atoms with Crippen LogP contribution in [-0.2, 0) is 11.3 Å². The van der Waals surface area contributed by atoms with E-state index in [-0.39, 0.29) is 5.91 Å². The quantitative estimate of drug-likeness (QED) is 0.592. The molecule has 6 heteroatoms. The van der Waals surface area contributed by atoms with Gasteiger partial charge in [0, 0.05) is 5.56 Å². The normalized spacial score (nSPS) is 10.4. The number of benzene rings is 2. The smallest absolute Gasteiger partial charge is 0.350 e. The highest BCUT2D eigenvalue weighted by molar-refractivity contribution is 7.17. The highest BCUT2D eigenvalue weighted by Gasteiger charge is 2.25. The number of hydrogen-bond donors (Lipinski definition) is 0. The second-order valence-corrected chi connectivity index (χ2v) is 6.85. The van der Waals surface area contributed by atoms with Crippen LogP contribution in [0.2, 0.25) is 0 Å². The number of hydrogen-bond acceptors (Lipinski definition) is 5. The molecule has 1 heterocycles. The fraction of sp³-hybridized carbons (Fsp3) is 0.190. The molecule has 3 aromatic rings. The molecule has 0 bridgehead atoms. The molecule has 0 unspecified atom stereocenters. The highest BCUT2D eigenvalue weighted by atomic mass is 32.1. The van der Waals surface area contributed by atoms with Crippen LogP contribution in [0.25, 0.3) is 0 Å². The predicted molar refractivity (Wildman–Crippen MR) is 106 cm³/mol. The third kappa shape index (κ3) is 4.41. The van der Waals surface area contributed by atoms with Crippen LogP contribution in [0, 0.1) is 6.92 Å². The van der Waals surface area contributed by atoms with Gasteiger partial charge in [0.2, 0.25) is 0 Å². The van der Waals surface area contributed by atoms with Crippen LogP contribution in [0.3, 0.4) is 0 Å². The van der Waals surface area contributed by atoms with E-state index in [4.69, 9.17) is 4.74 Å². The molecular weight excluding hydrogens is 360 g/mol. The highest BCUT2D eigenvalue weighted by Crippen LogP contribution is 2.29. The standard InChI is InChI=1S/C21H20N2O3S/c1-3-26-20(25)18-15(2)22-21(27-18)23(14-16-10-6-4-7-11-16)19(24)17-12-8-5-9-13-17/h4-13H,3,14H2,1-2H3. The number of anilines is 1. The molecule has 5 nitrogen and oxygen atoms in total. The summed E-state index contributed by atoms with van der Waals surface area (Å²) in [7, 11) is 0.